The summed E-state index contributed by atoms with van der Waals surface area (Å²) in [6.07, 6.45) is 6.85. The maximum absolute atomic E-state index is 4.62. The van der Waals surface area contributed by atoms with Crippen molar-refractivity contribution in [3.8, 4) is 0 Å². The van der Waals surface area contributed by atoms with Crippen LogP contribution < -0.4 is 5.32 Å². The zero-order chi connectivity index (χ0) is 14.1. The number of rotatable bonds is 5. The highest BCUT2D eigenvalue weighted by molar-refractivity contribution is 7.11. The fraction of sp³-hybridized carbons (Fsp3) is 0.812. The highest BCUT2D eigenvalue weighted by Crippen LogP contribution is 2.37. The van der Waals surface area contributed by atoms with E-state index in [1.165, 1.54) is 60.8 Å². The van der Waals surface area contributed by atoms with Gasteiger partial charge in [-0.1, -0.05) is 6.42 Å². The van der Waals surface area contributed by atoms with Crippen LogP contribution in [0.3, 0.4) is 0 Å². The van der Waals surface area contributed by atoms with Crippen molar-refractivity contribution in [2.45, 2.75) is 71.0 Å². The Balaban J connectivity index is 1.71. The standard InChI is InChI=1S/C16H27N3S/c1-11-16(20-13(3)18-11)12(2)19(15-7-8-15)10-14-6-4-5-9-17-14/h12,14-15,17H,4-10H2,1-3H3. The van der Waals surface area contributed by atoms with E-state index in [2.05, 4.69) is 36.0 Å². The van der Waals surface area contributed by atoms with Crippen molar-refractivity contribution >= 4 is 11.3 Å². The lowest BCUT2D eigenvalue weighted by molar-refractivity contribution is 0.168. The normalized spacial score (nSPS) is 25.1. The van der Waals surface area contributed by atoms with Gasteiger partial charge in [-0.25, -0.2) is 4.98 Å². The van der Waals surface area contributed by atoms with Crippen LogP contribution in [0.5, 0.6) is 0 Å². The van der Waals surface area contributed by atoms with Crippen molar-refractivity contribution in [2.24, 2.45) is 0 Å². The summed E-state index contributed by atoms with van der Waals surface area (Å²) >= 11 is 1.88. The van der Waals surface area contributed by atoms with E-state index in [9.17, 15) is 0 Å². The molecule has 112 valence electrons. The van der Waals surface area contributed by atoms with E-state index in [1.807, 2.05) is 11.3 Å². The Morgan fingerprint density at radius 3 is 2.65 bits per heavy atom. The molecule has 0 spiro atoms. The molecule has 4 heteroatoms. The van der Waals surface area contributed by atoms with Crippen LogP contribution >= 0.6 is 11.3 Å². The van der Waals surface area contributed by atoms with Crippen LogP contribution in [0.1, 0.15) is 60.6 Å². The average Bonchev–Trinajstić information content (AvgIpc) is 3.22. The first kappa shape index (κ1) is 14.5. The second-order valence-corrected chi connectivity index (χ2v) is 7.67. The van der Waals surface area contributed by atoms with Crippen LogP contribution in [0.25, 0.3) is 0 Å². The van der Waals surface area contributed by atoms with E-state index >= 15 is 0 Å². The molecule has 0 radical (unpaired) electrons. The fourth-order valence-electron chi connectivity index (χ4n) is 3.45. The van der Waals surface area contributed by atoms with Gasteiger partial charge in [0.05, 0.1) is 10.7 Å². The summed E-state index contributed by atoms with van der Waals surface area (Å²) in [5.74, 6) is 0. The highest BCUT2D eigenvalue weighted by Gasteiger charge is 2.35. The number of hydrogen-bond donors (Lipinski definition) is 1. The lowest BCUT2D eigenvalue weighted by atomic mass is 10.0. The van der Waals surface area contributed by atoms with Crippen molar-refractivity contribution in [1.29, 1.82) is 0 Å². The zero-order valence-corrected chi connectivity index (χ0v) is 13.8. The van der Waals surface area contributed by atoms with E-state index in [1.54, 1.807) is 0 Å². The van der Waals surface area contributed by atoms with Gasteiger partial charge in [-0.15, -0.1) is 11.3 Å². The second-order valence-electron chi connectivity index (χ2n) is 6.43. The molecule has 2 atom stereocenters. The Hall–Kier alpha value is -0.450. The third-order valence-corrected chi connectivity index (χ3v) is 5.92. The predicted molar refractivity (Wildman–Crippen MR) is 85.4 cm³/mol. The molecule has 2 fully saturated rings. The quantitative estimate of drug-likeness (QED) is 0.901. The van der Waals surface area contributed by atoms with E-state index in [-0.39, 0.29) is 0 Å². The number of aromatic nitrogens is 1. The van der Waals surface area contributed by atoms with Gasteiger partial charge in [0, 0.05) is 29.5 Å². The third kappa shape index (κ3) is 3.23. The molecular formula is C16H27N3S. The summed E-state index contributed by atoms with van der Waals surface area (Å²) in [5, 5.41) is 4.91. The van der Waals surface area contributed by atoms with Gasteiger partial charge in [-0.2, -0.15) is 0 Å². The van der Waals surface area contributed by atoms with Crippen LogP contribution in [0.4, 0.5) is 0 Å². The third-order valence-electron chi connectivity index (χ3n) is 4.68. The Morgan fingerprint density at radius 2 is 2.10 bits per heavy atom. The molecule has 2 aliphatic rings. The molecule has 1 saturated heterocycles. The number of nitrogens with one attached hydrogen (secondary N) is 1. The first-order valence-electron chi connectivity index (χ1n) is 8.08. The molecule has 3 rings (SSSR count). The number of thiazole rings is 1. The number of aryl methyl sites for hydroxylation is 2. The monoisotopic (exact) mass is 293 g/mol. The van der Waals surface area contributed by atoms with Crippen LogP contribution in [-0.4, -0.2) is 35.1 Å². The molecule has 20 heavy (non-hydrogen) atoms. The van der Waals surface area contributed by atoms with E-state index in [0.29, 0.717) is 12.1 Å². The largest absolute Gasteiger partial charge is 0.313 e. The lowest BCUT2D eigenvalue weighted by Crippen LogP contribution is -2.45. The summed E-state index contributed by atoms with van der Waals surface area (Å²) in [5.41, 5.74) is 1.24. The molecule has 3 nitrogen and oxygen atoms in total. The second kappa shape index (κ2) is 6.12. The van der Waals surface area contributed by atoms with Crippen molar-refractivity contribution in [1.82, 2.24) is 15.2 Å². The van der Waals surface area contributed by atoms with Crippen LogP contribution in [0.2, 0.25) is 0 Å². The molecule has 2 unspecified atom stereocenters. The number of piperidine rings is 1. The SMILES string of the molecule is Cc1nc(C)c(C(C)N(CC2CCCCN2)C2CC2)s1. The van der Waals surface area contributed by atoms with Crippen molar-refractivity contribution in [2.75, 3.05) is 13.1 Å². The Labute approximate surface area is 126 Å². The van der Waals surface area contributed by atoms with Crippen molar-refractivity contribution in [3.05, 3.63) is 15.6 Å². The minimum absolute atomic E-state index is 0.525. The van der Waals surface area contributed by atoms with E-state index in [0.717, 1.165) is 6.04 Å². The van der Waals surface area contributed by atoms with E-state index < -0.39 is 0 Å². The van der Waals surface area contributed by atoms with Gasteiger partial charge in [0.1, 0.15) is 0 Å². The molecule has 0 amide bonds. The lowest BCUT2D eigenvalue weighted by Gasteiger charge is -2.34. The molecule has 1 saturated carbocycles. The maximum atomic E-state index is 4.62. The minimum Gasteiger partial charge on any atom is -0.313 e. The number of hydrogen-bond acceptors (Lipinski definition) is 4. The van der Waals surface area contributed by atoms with Gasteiger partial charge in [0.15, 0.2) is 0 Å². The summed E-state index contributed by atoms with van der Waals surface area (Å²) < 4.78 is 0. The fourth-order valence-corrected chi connectivity index (χ4v) is 4.45. The van der Waals surface area contributed by atoms with Crippen molar-refractivity contribution < 1.29 is 0 Å². The average molecular weight is 293 g/mol. The van der Waals surface area contributed by atoms with Gasteiger partial charge in [-0.3, -0.25) is 4.90 Å². The van der Waals surface area contributed by atoms with Gasteiger partial charge in [-0.05, 0) is 53.0 Å². The van der Waals surface area contributed by atoms with Gasteiger partial charge in [0.2, 0.25) is 0 Å². The molecule has 1 N–H and O–H groups in total. The summed E-state index contributed by atoms with van der Waals surface area (Å²) in [6.45, 7) is 9.08. The molecule has 1 aromatic rings. The first-order chi connectivity index (χ1) is 9.65. The summed E-state index contributed by atoms with van der Waals surface area (Å²) in [4.78, 5) is 8.83. The minimum atomic E-state index is 0.525. The van der Waals surface area contributed by atoms with Crippen molar-refractivity contribution in [3.63, 3.8) is 0 Å². The maximum Gasteiger partial charge on any atom is 0.0900 e. The highest BCUT2D eigenvalue weighted by atomic mass is 32.1. The first-order valence-corrected chi connectivity index (χ1v) is 8.90. The van der Waals surface area contributed by atoms with Crippen LogP contribution in [-0.2, 0) is 0 Å². The Kier molecular flexibility index (Phi) is 4.43. The molecule has 1 aromatic heterocycles. The molecule has 0 aromatic carbocycles. The molecular weight excluding hydrogens is 266 g/mol. The van der Waals surface area contributed by atoms with E-state index in [4.69, 9.17) is 0 Å². The predicted octanol–water partition coefficient (Wildman–Crippen LogP) is 3.43. The summed E-state index contributed by atoms with van der Waals surface area (Å²) in [7, 11) is 0. The van der Waals surface area contributed by atoms with Crippen LogP contribution in [0.15, 0.2) is 0 Å². The van der Waals surface area contributed by atoms with Crippen LogP contribution in [0, 0.1) is 13.8 Å². The van der Waals surface area contributed by atoms with Gasteiger partial charge in [0.25, 0.3) is 0 Å². The number of nitrogens with zero attached hydrogens (tertiary/aromatic N) is 2. The smallest absolute Gasteiger partial charge is 0.0900 e. The topological polar surface area (TPSA) is 28.2 Å². The molecule has 0 bridgehead atoms. The summed E-state index contributed by atoms with van der Waals surface area (Å²) in [6, 6.07) is 2.04. The molecule has 1 aliphatic carbocycles. The van der Waals surface area contributed by atoms with Gasteiger partial charge < -0.3 is 5.32 Å². The Morgan fingerprint density at radius 1 is 1.30 bits per heavy atom. The Bertz CT molecular complexity index is 447. The van der Waals surface area contributed by atoms with Gasteiger partial charge >= 0.3 is 0 Å². The zero-order valence-electron chi connectivity index (χ0n) is 13.0. The molecule has 2 heterocycles. The molecule has 1 aliphatic heterocycles.